The van der Waals surface area contributed by atoms with Crippen LogP contribution in [0.3, 0.4) is 0 Å². The number of ether oxygens (including phenoxy) is 2. The fraction of sp³-hybridized carbons (Fsp3) is 0.500. The lowest BCUT2D eigenvalue weighted by Gasteiger charge is -2.19. The van der Waals surface area contributed by atoms with Gasteiger partial charge in [0.05, 0.1) is 6.61 Å². The third-order valence-corrected chi connectivity index (χ3v) is 2.50. The number of hydrogen-bond acceptors (Lipinski definition) is 4. The van der Waals surface area contributed by atoms with Crippen LogP contribution in [0.4, 0.5) is 4.79 Å². The first kappa shape index (κ1) is 17.0. The van der Waals surface area contributed by atoms with E-state index in [4.69, 9.17) is 9.47 Å². The number of carbonyl (C=O) groups excluding carboxylic acids is 2. The Bertz CT molecular complexity index is 466. The zero-order valence-corrected chi connectivity index (χ0v) is 12.8. The second kappa shape index (κ2) is 8.29. The molecule has 0 aliphatic carbocycles. The largest absolute Gasteiger partial charge is 0.494 e. The predicted molar refractivity (Wildman–Crippen MR) is 80.8 cm³/mol. The summed E-state index contributed by atoms with van der Waals surface area (Å²) in [5.41, 5.74) is 0.121. The summed E-state index contributed by atoms with van der Waals surface area (Å²) >= 11 is 0. The molecule has 0 saturated carbocycles. The summed E-state index contributed by atoms with van der Waals surface area (Å²) in [7, 11) is 0. The van der Waals surface area contributed by atoms with Gasteiger partial charge < -0.3 is 14.8 Å². The smallest absolute Gasteiger partial charge is 0.407 e. The average Bonchev–Trinajstić information content (AvgIpc) is 2.41. The summed E-state index contributed by atoms with van der Waals surface area (Å²) < 4.78 is 10.7. The Morgan fingerprint density at radius 3 is 2.71 bits per heavy atom. The first-order valence-corrected chi connectivity index (χ1v) is 7.05. The van der Waals surface area contributed by atoms with E-state index in [-0.39, 0.29) is 0 Å². The van der Waals surface area contributed by atoms with Crippen molar-refractivity contribution in [3.8, 4) is 5.75 Å². The van der Waals surface area contributed by atoms with E-state index in [1.807, 2.05) is 26.8 Å². The molecule has 0 saturated heterocycles. The molecule has 116 valence electrons. The molecule has 21 heavy (non-hydrogen) atoms. The Kier molecular flexibility index (Phi) is 6.72. The Morgan fingerprint density at radius 1 is 1.29 bits per heavy atom. The second-order valence-electron chi connectivity index (χ2n) is 5.67. The minimum absolute atomic E-state index is 0.401. The molecule has 0 spiro atoms. The first-order chi connectivity index (χ1) is 9.90. The summed E-state index contributed by atoms with van der Waals surface area (Å²) in [5.74, 6) is 0.680. The maximum Gasteiger partial charge on any atom is 0.407 e. The Balaban J connectivity index is 2.12. The molecule has 0 bridgehead atoms. The van der Waals surface area contributed by atoms with Crippen LogP contribution in [0.5, 0.6) is 5.75 Å². The van der Waals surface area contributed by atoms with Gasteiger partial charge in [0.25, 0.3) is 0 Å². The highest BCUT2D eigenvalue weighted by Gasteiger charge is 2.15. The van der Waals surface area contributed by atoms with Crippen molar-refractivity contribution in [2.24, 2.45) is 0 Å². The number of nitrogens with one attached hydrogen (secondary N) is 1. The van der Waals surface area contributed by atoms with Crippen molar-refractivity contribution in [3.05, 3.63) is 29.8 Å². The number of alkyl carbamates (subject to hydrolysis) is 1. The van der Waals surface area contributed by atoms with Gasteiger partial charge in [0.2, 0.25) is 0 Å². The maximum atomic E-state index is 11.4. The Labute approximate surface area is 125 Å². The normalized spacial score (nSPS) is 10.8. The number of carbonyl (C=O) groups is 2. The molecule has 0 aliphatic rings. The molecule has 0 heterocycles. The zero-order valence-electron chi connectivity index (χ0n) is 12.8. The average molecular weight is 293 g/mol. The molecule has 0 radical (unpaired) electrons. The summed E-state index contributed by atoms with van der Waals surface area (Å²) in [6.07, 6.45) is 1.99. The van der Waals surface area contributed by atoms with E-state index in [2.05, 4.69) is 5.32 Å². The lowest BCUT2D eigenvalue weighted by molar-refractivity contribution is 0.0526. The Hall–Kier alpha value is -2.04. The molecule has 1 rings (SSSR count). The van der Waals surface area contributed by atoms with E-state index < -0.39 is 11.7 Å². The van der Waals surface area contributed by atoms with Crippen LogP contribution in [0, 0.1) is 0 Å². The van der Waals surface area contributed by atoms with Crippen LogP contribution in [0.1, 0.15) is 44.0 Å². The van der Waals surface area contributed by atoms with E-state index in [0.717, 1.165) is 19.1 Å². The fourth-order valence-electron chi connectivity index (χ4n) is 1.60. The van der Waals surface area contributed by atoms with Gasteiger partial charge in [-0.25, -0.2) is 4.79 Å². The van der Waals surface area contributed by atoms with E-state index in [9.17, 15) is 9.59 Å². The molecule has 0 aliphatic heterocycles. The standard InChI is InChI=1S/C16H23NO4/c1-16(2,3)21-15(19)17-9-4-5-10-20-14-8-6-7-13(11-14)12-18/h6-8,11-12H,4-5,9-10H2,1-3H3,(H,17,19). The predicted octanol–water partition coefficient (Wildman–Crippen LogP) is 3.18. The summed E-state index contributed by atoms with van der Waals surface area (Å²) in [6, 6.07) is 7.02. The van der Waals surface area contributed by atoms with E-state index >= 15 is 0 Å². The van der Waals surface area contributed by atoms with Crippen LogP contribution in [-0.4, -0.2) is 31.1 Å². The number of rotatable bonds is 7. The second-order valence-corrected chi connectivity index (χ2v) is 5.67. The SMILES string of the molecule is CC(C)(C)OC(=O)NCCCCOc1cccc(C=O)c1. The highest BCUT2D eigenvalue weighted by Crippen LogP contribution is 2.12. The lowest BCUT2D eigenvalue weighted by Crippen LogP contribution is -2.33. The number of benzene rings is 1. The molecular formula is C16H23NO4. The van der Waals surface area contributed by atoms with Gasteiger partial charge in [0.15, 0.2) is 0 Å². The van der Waals surface area contributed by atoms with Gasteiger partial charge in [0.1, 0.15) is 17.6 Å². The van der Waals surface area contributed by atoms with Gasteiger partial charge in [-0.3, -0.25) is 4.79 Å². The van der Waals surface area contributed by atoms with Crippen molar-refractivity contribution in [1.82, 2.24) is 5.32 Å². The third kappa shape index (κ3) is 7.97. The van der Waals surface area contributed by atoms with Crippen molar-refractivity contribution in [3.63, 3.8) is 0 Å². The van der Waals surface area contributed by atoms with Crippen LogP contribution >= 0.6 is 0 Å². The van der Waals surface area contributed by atoms with Crippen molar-refractivity contribution in [2.75, 3.05) is 13.2 Å². The maximum absolute atomic E-state index is 11.4. The van der Waals surface area contributed by atoms with Gasteiger partial charge in [0, 0.05) is 12.1 Å². The van der Waals surface area contributed by atoms with Crippen LogP contribution in [0.2, 0.25) is 0 Å². The molecule has 1 N–H and O–H groups in total. The van der Waals surface area contributed by atoms with Gasteiger partial charge in [-0.05, 0) is 45.7 Å². The molecule has 5 heteroatoms. The molecule has 0 aromatic heterocycles. The lowest BCUT2D eigenvalue weighted by atomic mass is 10.2. The van der Waals surface area contributed by atoms with Crippen LogP contribution in [0.25, 0.3) is 0 Å². The van der Waals surface area contributed by atoms with Crippen molar-refractivity contribution in [1.29, 1.82) is 0 Å². The van der Waals surface area contributed by atoms with Gasteiger partial charge >= 0.3 is 6.09 Å². The minimum atomic E-state index is -0.475. The van der Waals surface area contributed by atoms with Crippen LogP contribution in [-0.2, 0) is 4.74 Å². The molecular weight excluding hydrogens is 270 g/mol. The van der Waals surface area contributed by atoms with Crippen molar-refractivity contribution in [2.45, 2.75) is 39.2 Å². The number of aldehydes is 1. The van der Waals surface area contributed by atoms with Crippen molar-refractivity contribution < 1.29 is 19.1 Å². The quantitative estimate of drug-likeness (QED) is 0.619. The molecule has 0 fully saturated rings. The first-order valence-electron chi connectivity index (χ1n) is 7.05. The van der Waals surface area contributed by atoms with E-state index in [0.29, 0.717) is 24.5 Å². The highest BCUT2D eigenvalue weighted by molar-refractivity contribution is 5.75. The van der Waals surface area contributed by atoms with Gasteiger partial charge in [-0.2, -0.15) is 0 Å². The minimum Gasteiger partial charge on any atom is -0.494 e. The van der Waals surface area contributed by atoms with Crippen LogP contribution in [0.15, 0.2) is 24.3 Å². The number of amides is 1. The molecule has 5 nitrogen and oxygen atoms in total. The number of hydrogen-bond donors (Lipinski definition) is 1. The van der Waals surface area contributed by atoms with E-state index in [1.54, 1.807) is 18.2 Å². The summed E-state index contributed by atoms with van der Waals surface area (Å²) in [4.78, 5) is 22.0. The molecule has 0 atom stereocenters. The summed E-state index contributed by atoms with van der Waals surface area (Å²) in [6.45, 7) is 6.57. The zero-order chi connectivity index (χ0) is 15.7. The summed E-state index contributed by atoms with van der Waals surface area (Å²) in [5, 5.41) is 2.69. The third-order valence-electron chi connectivity index (χ3n) is 2.50. The van der Waals surface area contributed by atoms with E-state index in [1.165, 1.54) is 0 Å². The molecule has 1 amide bonds. The fourth-order valence-corrected chi connectivity index (χ4v) is 1.60. The monoisotopic (exact) mass is 293 g/mol. The van der Waals surface area contributed by atoms with Gasteiger partial charge in [-0.15, -0.1) is 0 Å². The molecule has 1 aromatic rings. The number of unbranched alkanes of at least 4 members (excludes halogenated alkanes) is 1. The molecule has 0 unspecified atom stereocenters. The van der Waals surface area contributed by atoms with Gasteiger partial charge in [-0.1, -0.05) is 12.1 Å². The topological polar surface area (TPSA) is 64.6 Å². The molecule has 1 aromatic carbocycles. The van der Waals surface area contributed by atoms with Crippen LogP contribution < -0.4 is 10.1 Å². The Morgan fingerprint density at radius 2 is 2.05 bits per heavy atom. The van der Waals surface area contributed by atoms with Crippen molar-refractivity contribution >= 4 is 12.4 Å². The highest BCUT2D eigenvalue weighted by atomic mass is 16.6.